The number of hydrogen-bond donors (Lipinski definition) is 2. The van der Waals surface area contributed by atoms with Crippen LogP contribution in [0.4, 0.5) is 5.69 Å². The Bertz CT molecular complexity index is 582. The third-order valence-corrected chi connectivity index (χ3v) is 3.47. The Morgan fingerprint density at radius 2 is 2.00 bits per heavy atom. The minimum atomic E-state index is -3.31. The molecule has 1 amide bonds. The van der Waals surface area contributed by atoms with Crippen LogP contribution in [0.15, 0.2) is 18.2 Å². The molecule has 0 bridgehead atoms. The van der Waals surface area contributed by atoms with Crippen molar-refractivity contribution in [2.75, 3.05) is 11.0 Å². The number of rotatable bonds is 6. The third kappa shape index (κ3) is 5.21. The molecule has 0 aliphatic carbocycles. The lowest BCUT2D eigenvalue weighted by atomic mass is 10.1. The Morgan fingerprint density at radius 1 is 1.35 bits per heavy atom. The van der Waals surface area contributed by atoms with Crippen molar-refractivity contribution in [3.05, 3.63) is 29.3 Å². The van der Waals surface area contributed by atoms with Gasteiger partial charge in [-0.25, -0.2) is 8.42 Å². The molecule has 0 heterocycles. The fraction of sp³-hybridized carbons (Fsp3) is 0.500. The van der Waals surface area contributed by atoms with Crippen LogP contribution >= 0.6 is 0 Å². The van der Waals surface area contributed by atoms with Crippen LogP contribution in [0.3, 0.4) is 0 Å². The molecule has 1 aromatic carbocycles. The highest BCUT2D eigenvalue weighted by Gasteiger charge is 2.11. The summed E-state index contributed by atoms with van der Waals surface area (Å²) in [5.74, 6) is -0.139. The first-order valence-electron chi connectivity index (χ1n) is 6.62. The van der Waals surface area contributed by atoms with Crippen LogP contribution in [0.25, 0.3) is 0 Å². The van der Waals surface area contributed by atoms with E-state index in [0.717, 1.165) is 19.1 Å². The number of carbonyl (C=O) groups is 1. The van der Waals surface area contributed by atoms with Gasteiger partial charge in [-0.05, 0) is 44.0 Å². The van der Waals surface area contributed by atoms with Gasteiger partial charge in [0.05, 0.1) is 11.9 Å². The molecule has 5 nitrogen and oxygen atoms in total. The average molecular weight is 298 g/mol. The molecule has 112 valence electrons. The summed E-state index contributed by atoms with van der Waals surface area (Å²) < 4.78 is 24.8. The van der Waals surface area contributed by atoms with E-state index in [-0.39, 0.29) is 11.9 Å². The zero-order valence-electron chi connectivity index (χ0n) is 12.4. The number of anilines is 1. The molecule has 1 rings (SSSR count). The molecule has 0 unspecified atom stereocenters. The van der Waals surface area contributed by atoms with Gasteiger partial charge in [-0.15, -0.1) is 0 Å². The summed E-state index contributed by atoms with van der Waals surface area (Å²) in [5, 5.41) is 2.91. The predicted molar refractivity (Wildman–Crippen MR) is 81.5 cm³/mol. The molecule has 0 aliphatic rings. The number of aryl methyl sites for hydroxylation is 1. The van der Waals surface area contributed by atoms with Gasteiger partial charge in [-0.3, -0.25) is 9.52 Å². The van der Waals surface area contributed by atoms with Crippen LogP contribution in [0.1, 0.15) is 42.6 Å². The van der Waals surface area contributed by atoms with Crippen molar-refractivity contribution in [2.45, 2.75) is 39.7 Å². The zero-order chi connectivity index (χ0) is 15.3. The molecular weight excluding hydrogens is 276 g/mol. The molecule has 2 N–H and O–H groups in total. The SMILES string of the molecule is CCC[C@H](C)NC(=O)c1ccc(NS(C)(=O)=O)c(C)c1. The van der Waals surface area contributed by atoms with Crippen LogP contribution < -0.4 is 10.0 Å². The highest BCUT2D eigenvalue weighted by molar-refractivity contribution is 7.92. The number of sulfonamides is 1. The van der Waals surface area contributed by atoms with E-state index in [0.29, 0.717) is 16.8 Å². The summed E-state index contributed by atoms with van der Waals surface area (Å²) in [5.41, 5.74) is 1.74. The first-order valence-corrected chi connectivity index (χ1v) is 8.51. The van der Waals surface area contributed by atoms with E-state index in [9.17, 15) is 13.2 Å². The van der Waals surface area contributed by atoms with Crippen LogP contribution in [0, 0.1) is 6.92 Å². The molecule has 0 radical (unpaired) electrons. The molecule has 0 saturated carbocycles. The van der Waals surface area contributed by atoms with E-state index in [1.54, 1.807) is 25.1 Å². The highest BCUT2D eigenvalue weighted by Crippen LogP contribution is 2.17. The van der Waals surface area contributed by atoms with E-state index in [1.807, 2.05) is 6.92 Å². The summed E-state index contributed by atoms with van der Waals surface area (Å²) in [6.07, 6.45) is 3.04. The monoisotopic (exact) mass is 298 g/mol. The van der Waals surface area contributed by atoms with Crippen molar-refractivity contribution in [1.29, 1.82) is 0 Å². The van der Waals surface area contributed by atoms with E-state index < -0.39 is 10.0 Å². The van der Waals surface area contributed by atoms with Crippen LogP contribution in [-0.4, -0.2) is 26.6 Å². The van der Waals surface area contributed by atoms with Gasteiger partial charge >= 0.3 is 0 Å². The fourth-order valence-electron chi connectivity index (χ4n) is 1.93. The first-order chi connectivity index (χ1) is 9.23. The minimum absolute atomic E-state index is 0.127. The number of nitrogens with one attached hydrogen (secondary N) is 2. The molecule has 1 aromatic rings. The van der Waals surface area contributed by atoms with E-state index in [2.05, 4.69) is 17.0 Å². The van der Waals surface area contributed by atoms with Gasteiger partial charge in [0.1, 0.15) is 0 Å². The minimum Gasteiger partial charge on any atom is -0.350 e. The second-order valence-corrected chi connectivity index (χ2v) is 6.82. The number of benzene rings is 1. The van der Waals surface area contributed by atoms with Gasteiger partial charge in [0, 0.05) is 11.6 Å². The smallest absolute Gasteiger partial charge is 0.251 e. The van der Waals surface area contributed by atoms with E-state index in [4.69, 9.17) is 0 Å². The maximum atomic E-state index is 12.0. The van der Waals surface area contributed by atoms with Crippen molar-refractivity contribution in [1.82, 2.24) is 5.32 Å². The Balaban J connectivity index is 2.84. The fourth-order valence-corrected chi connectivity index (χ4v) is 2.56. The van der Waals surface area contributed by atoms with Crippen LogP contribution in [-0.2, 0) is 10.0 Å². The maximum Gasteiger partial charge on any atom is 0.251 e. The van der Waals surface area contributed by atoms with E-state index >= 15 is 0 Å². The standard InChI is InChI=1S/C14H22N2O3S/c1-5-6-11(3)15-14(17)12-7-8-13(10(2)9-12)16-20(4,18)19/h7-9,11,16H,5-6H2,1-4H3,(H,15,17)/t11-/m0/s1. The number of carbonyl (C=O) groups excluding carboxylic acids is 1. The normalized spacial score (nSPS) is 12.8. The van der Waals surface area contributed by atoms with Crippen molar-refractivity contribution in [3.8, 4) is 0 Å². The average Bonchev–Trinajstić information content (AvgIpc) is 2.30. The van der Waals surface area contributed by atoms with Crippen LogP contribution in [0.2, 0.25) is 0 Å². The van der Waals surface area contributed by atoms with Gasteiger partial charge in [0.25, 0.3) is 5.91 Å². The number of hydrogen-bond acceptors (Lipinski definition) is 3. The second-order valence-electron chi connectivity index (χ2n) is 5.07. The first kappa shape index (κ1) is 16.5. The second kappa shape index (κ2) is 6.74. The molecule has 0 saturated heterocycles. The number of amides is 1. The molecule has 0 aliphatic heterocycles. The molecule has 1 atom stereocenters. The van der Waals surface area contributed by atoms with Gasteiger partial charge in [-0.1, -0.05) is 13.3 Å². The van der Waals surface area contributed by atoms with Crippen molar-refractivity contribution in [2.24, 2.45) is 0 Å². The topological polar surface area (TPSA) is 75.3 Å². The largest absolute Gasteiger partial charge is 0.350 e. The van der Waals surface area contributed by atoms with Crippen LogP contribution in [0.5, 0.6) is 0 Å². The summed E-state index contributed by atoms with van der Waals surface area (Å²) in [7, 11) is -3.31. The lowest BCUT2D eigenvalue weighted by molar-refractivity contribution is 0.0938. The van der Waals surface area contributed by atoms with Gasteiger partial charge in [0.15, 0.2) is 0 Å². The zero-order valence-corrected chi connectivity index (χ0v) is 13.2. The Labute approximate surface area is 120 Å². The van der Waals surface area contributed by atoms with Crippen molar-refractivity contribution in [3.63, 3.8) is 0 Å². The molecule has 6 heteroatoms. The maximum absolute atomic E-state index is 12.0. The van der Waals surface area contributed by atoms with E-state index in [1.165, 1.54) is 0 Å². The summed E-state index contributed by atoms with van der Waals surface area (Å²) in [6.45, 7) is 5.80. The molecule has 0 aromatic heterocycles. The lowest BCUT2D eigenvalue weighted by Crippen LogP contribution is -2.32. The lowest BCUT2D eigenvalue weighted by Gasteiger charge is -2.14. The molecule has 20 heavy (non-hydrogen) atoms. The summed E-state index contributed by atoms with van der Waals surface area (Å²) >= 11 is 0. The van der Waals surface area contributed by atoms with Crippen molar-refractivity contribution < 1.29 is 13.2 Å². The van der Waals surface area contributed by atoms with Gasteiger partial charge < -0.3 is 5.32 Å². The molecule has 0 fully saturated rings. The third-order valence-electron chi connectivity index (χ3n) is 2.88. The summed E-state index contributed by atoms with van der Waals surface area (Å²) in [6, 6.07) is 5.04. The van der Waals surface area contributed by atoms with Crippen molar-refractivity contribution >= 4 is 21.6 Å². The quantitative estimate of drug-likeness (QED) is 0.846. The highest BCUT2D eigenvalue weighted by atomic mass is 32.2. The van der Waals surface area contributed by atoms with Gasteiger partial charge in [0.2, 0.25) is 10.0 Å². The predicted octanol–water partition coefficient (Wildman–Crippen LogP) is 2.28. The Kier molecular flexibility index (Phi) is 5.56. The Morgan fingerprint density at radius 3 is 2.50 bits per heavy atom. The molecular formula is C14H22N2O3S. The molecule has 0 spiro atoms. The summed E-state index contributed by atoms with van der Waals surface area (Å²) in [4.78, 5) is 12.0. The Hall–Kier alpha value is -1.56. The van der Waals surface area contributed by atoms with Gasteiger partial charge in [-0.2, -0.15) is 0 Å².